The molecule has 28 heavy (non-hydrogen) atoms. The van der Waals surface area contributed by atoms with Gasteiger partial charge in [-0.3, -0.25) is 4.79 Å². The third-order valence-corrected chi connectivity index (χ3v) is 5.21. The summed E-state index contributed by atoms with van der Waals surface area (Å²) < 4.78 is 0. The van der Waals surface area contributed by atoms with Gasteiger partial charge in [-0.25, -0.2) is 15.1 Å². The lowest BCUT2D eigenvalue weighted by Crippen LogP contribution is -2.21. The molecule has 4 aromatic rings. The number of hydrogen-bond donors (Lipinski definition) is 4. The molecule has 0 aliphatic carbocycles. The van der Waals surface area contributed by atoms with Crippen molar-refractivity contribution in [3.8, 4) is 0 Å². The normalized spacial score (nSPS) is 11.2. The molecule has 0 radical (unpaired) electrons. The fraction of sp³-hybridized carbons (Fsp3) is 0.278. The van der Waals surface area contributed by atoms with Crippen LogP contribution in [-0.4, -0.2) is 47.4 Å². The number of H-pyrrole nitrogens is 3. The summed E-state index contributed by atoms with van der Waals surface area (Å²) in [5.74, 6) is 2.76. The standard InChI is InChI=1S/C18H20N8OS/c1-11-15(21-10-20-11)9-28-7-6-19-18-24-17(27)14(25-26-18)8-16-22-12-4-2-3-5-13(12)23-16/h2-5,10H,6-9H2,1H3,(H,20,21)(H,22,23)(H2,19,24,26,27). The topological polar surface area (TPSA) is 128 Å². The molecule has 0 aliphatic heterocycles. The van der Waals surface area contributed by atoms with Gasteiger partial charge in [-0.1, -0.05) is 12.1 Å². The van der Waals surface area contributed by atoms with Gasteiger partial charge in [-0.2, -0.15) is 21.8 Å². The number of thioether (sulfide) groups is 1. The largest absolute Gasteiger partial charge is 0.354 e. The second kappa shape index (κ2) is 8.26. The number of aromatic nitrogens is 7. The van der Waals surface area contributed by atoms with Crippen LogP contribution in [0.4, 0.5) is 5.95 Å². The van der Waals surface area contributed by atoms with E-state index in [0.717, 1.165) is 33.9 Å². The van der Waals surface area contributed by atoms with Crippen LogP contribution in [0, 0.1) is 6.92 Å². The van der Waals surface area contributed by atoms with E-state index in [0.29, 0.717) is 30.4 Å². The molecule has 0 saturated heterocycles. The van der Waals surface area contributed by atoms with Crippen molar-refractivity contribution in [1.29, 1.82) is 0 Å². The fourth-order valence-corrected chi connectivity index (χ4v) is 3.62. The molecule has 0 bridgehead atoms. The number of nitrogens with one attached hydrogen (secondary N) is 4. The minimum Gasteiger partial charge on any atom is -0.354 e. The van der Waals surface area contributed by atoms with Gasteiger partial charge in [0.15, 0.2) is 0 Å². The van der Waals surface area contributed by atoms with Crippen molar-refractivity contribution >= 4 is 28.7 Å². The molecule has 0 amide bonds. The number of para-hydroxylation sites is 2. The highest BCUT2D eigenvalue weighted by Crippen LogP contribution is 2.13. The number of hydrogen-bond acceptors (Lipinski definition) is 7. The molecule has 0 atom stereocenters. The van der Waals surface area contributed by atoms with Gasteiger partial charge in [0, 0.05) is 23.7 Å². The third-order valence-electron chi connectivity index (χ3n) is 4.24. The maximum Gasteiger partial charge on any atom is 0.296 e. The second-order valence-electron chi connectivity index (χ2n) is 6.27. The maximum atomic E-state index is 12.2. The summed E-state index contributed by atoms with van der Waals surface area (Å²) in [6.45, 7) is 2.68. The third kappa shape index (κ3) is 4.22. The van der Waals surface area contributed by atoms with E-state index < -0.39 is 0 Å². The van der Waals surface area contributed by atoms with Crippen LogP contribution in [0.25, 0.3) is 11.0 Å². The van der Waals surface area contributed by atoms with Crippen LogP contribution in [0.5, 0.6) is 0 Å². The van der Waals surface area contributed by atoms with Crippen molar-refractivity contribution in [1.82, 2.24) is 35.1 Å². The van der Waals surface area contributed by atoms with Gasteiger partial charge in [0.05, 0.1) is 29.5 Å². The van der Waals surface area contributed by atoms with Crippen LogP contribution in [0.3, 0.4) is 0 Å². The minimum atomic E-state index is -0.360. The number of nitrogens with zero attached hydrogens (tertiary/aromatic N) is 4. The predicted octanol–water partition coefficient (Wildman–Crippen LogP) is 2.01. The van der Waals surface area contributed by atoms with Gasteiger partial charge in [0.1, 0.15) is 11.5 Å². The zero-order valence-electron chi connectivity index (χ0n) is 15.3. The number of rotatable bonds is 8. The second-order valence-corrected chi connectivity index (χ2v) is 7.37. The number of aromatic amines is 3. The van der Waals surface area contributed by atoms with E-state index in [2.05, 4.69) is 40.4 Å². The van der Waals surface area contributed by atoms with Gasteiger partial charge in [-0.05, 0) is 19.1 Å². The number of benzene rings is 1. The predicted molar refractivity (Wildman–Crippen MR) is 110 cm³/mol. The molecule has 10 heteroatoms. The average molecular weight is 396 g/mol. The van der Waals surface area contributed by atoms with Crippen LogP contribution in [0.15, 0.2) is 35.4 Å². The van der Waals surface area contributed by atoms with Crippen LogP contribution in [0.2, 0.25) is 0 Å². The Bertz CT molecular complexity index is 1100. The minimum absolute atomic E-state index is 0.302. The number of anilines is 1. The first-order valence-electron chi connectivity index (χ1n) is 8.89. The van der Waals surface area contributed by atoms with E-state index in [1.54, 1.807) is 18.1 Å². The summed E-state index contributed by atoms with van der Waals surface area (Å²) in [5, 5.41) is 10.0. The van der Waals surface area contributed by atoms with E-state index >= 15 is 0 Å². The Kier molecular flexibility index (Phi) is 5.38. The first-order chi connectivity index (χ1) is 13.7. The summed E-state index contributed by atoms with van der Waals surface area (Å²) in [6.07, 6.45) is 2.01. The first kappa shape index (κ1) is 18.2. The molecule has 144 valence electrons. The van der Waals surface area contributed by atoms with Crippen molar-refractivity contribution in [2.45, 2.75) is 19.1 Å². The van der Waals surface area contributed by atoms with E-state index in [1.807, 2.05) is 31.2 Å². The highest BCUT2D eigenvalue weighted by atomic mass is 32.2. The van der Waals surface area contributed by atoms with Crippen LogP contribution < -0.4 is 10.9 Å². The molecule has 0 fully saturated rings. The number of aryl methyl sites for hydroxylation is 1. The molecule has 4 N–H and O–H groups in total. The lowest BCUT2D eigenvalue weighted by molar-refractivity contribution is 0.846. The van der Waals surface area contributed by atoms with Crippen molar-refractivity contribution in [2.24, 2.45) is 0 Å². The Morgan fingerprint density at radius 3 is 2.86 bits per heavy atom. The monoisotopic (exact) mass is 396 g/mol. The van der Waals surface area contributed by atoms with Crippen LogP contribution in [-0.2, 0) is 12.2 Å². The van der Waals surface area contributed by atoms with E-state index in [9.17, 15) is 4.79 Å². The molecule has 3 aromatic heterocycles. The zero-order valence-corrected chi connectivity index (χ0v) is 16.1. The fourth-order valence-electron chi connectivity index (χ4n) is 2.74. The van der Waals surface area contributed by atoms with Crippen LogP contribution in [0.1, 0.15) is 22.9 Å². The first-order valence-corrected chi connectivity index (χ1v) is 10.0. The lowest BCUT2D eigenvalue weighted by Gasteiger charge is -2.05. The summed E-state index contributed by atoms with van der Waals surface area (Å²) in [6, 6.07) is 7.73. The quantitative estimate of drug-likeness (QED) is 0.335. The Hall–Kier alpha value is -3.14. The van der Waals surface area contributed by atoms with E-state index in [4.69, 9.17) is 0 Å². The summed E-state index contributed by atoms with van der Waals surface area (Å²) in [4.78, 5) is 31.3. The SMILES string of the molecule is Cc1[nH]cnc1CSCCNc1nc(=O)c(Cc2nc3ccccc3[nH]2)n[nH]1. The summed E-state index contributed by atoms with van der Waals surface area (Å²) in [5.41, 5.74) is 3.92. The maximum absolute atomic E-state index is 12.2. The highest BCUT2D eigenvalue weighted by molar-refractivity contribution is 7.98. The molecule has 3 heterocycles. The van der Waals surface area contributed by atoms with Gasteiger partial charge < -0.3 is 15.3 Å². The molecule has 0 spiro atoms. The van der Waals surface area contributed by atoms with Gasteiger partial charge in [0.2, 0.25) is 5.95 Å². The lowest BCUT2D eigenvalue weighted by atomic mass is 10.3. The van der Waals surface area contributed by atoms with Crippen LogP contribution >= 0.6 is 11.8 Å². The molecule has 4 rings (SSSR count). The molecule has 0 saturated carbocycles. The van der Waals surface area contributed by atoms with Gasteiger partial charge >= 0.3 is 0 Å². The zero-order chi connectivity index (χ0) is 19.3. The van der Waals surface area contributed by atoms with Crippen molar-refractivity contribution in [3.63, 3.8) is 0 Å². The van der Waals surface area contributed by atoms with Crippen molar-refractivity contribution < 1.29 is 0 Å². The van der Waals surface area contributed by atoms with Crippen molar-refractivity contribution in [2.75, 3.05) is 17.6 Å². The Balaban J connectivity index is 1.30. The molecule has 0 aliphatic rings. The molecular formula is C18H20N8OS. The van der Waals surface area contributed by atoms with Gasteiger partial charge in [0.25, 0.3) is 5.56 Å². The molecule has 0 unspecified atom stereocenters. The molecular weight excluding hydrogens is 376 g/mol. The average Bonchev–Trinajstić information content (AvgIpc) is 3.29. The summed E-state index contributed by atoms with van der Waals surface area (Å²) in [7, 11) is 0. The van der Waals surface area contributed by atoms with E-state index in [-0.39, 0.29) is 5.56 Å². The Morgan fingerprint density at radius 1 is 1.18 bits per heavy atom. The Morgan fingerprint density at radius 2 is 2.07 bits per heavy atom. The van der Waals surface area contributed by atoms with Crippen molar-refractivity contribution in [3.05, 3.63) is 63.9 Å². The van der Waals surface area contributed by atoms with Gasteiger partial charge in [-0.15, -0.1) is 0 Å². The number of fused-ring (bicyclic) bond motifs is 1. The molecule has 9 nitrogen and oxygen atoms in total. The Labute approximate surface area is 164 Å². The van der Waals surface area contributed by atoms with E-state index in [1.165, 1.54) is 0 Å². The number of imidazole rings is 2. The molecule has 1 aromatic carbocycles. The summed E-state index contributed by atoms with van der Waals surface area (Å²) >= 11 is 1.76. The smallest absolute Gasteiger partial charge is 0.296 e. The highest BCUT2D eigenvalue weighted by Gasteiger charge is 2.09.